The average molecular weight is 296 g/mol. The van der Waals surface area contributed by atoms with Crippen molar-refractivity contribution in [2.45, 2.75) is 13.0 Å². The Hall–Kier alpha value is -2.98. The van der Waals surface area contributed by atoms with Crippen LogP contribution in [-0.4, -0.2) is 33.1 Å². The van der Waals surface area contributed by atoms with Crippen molar-refractivity contribution in [1.82, 2.24) is 14.9 Å². The van der Waals surface area contributed by atoms with Gasteiger partial charge in [-0.15, -0.1) is 0 Å². The molecule has 0 saturated carbocycles. The number of nitrogens with one attached hydrogen (secondary N) is 1. The lowest BCUT2D eigenvalue weighted by Gasteiger charge is -2.01. The first-order valence-corrected chi connectivity index (χ1v) is 6.72. The van der Waals surface area contributed by atoms with Crippen molar-refractivity contribution in [2.24, 2.45) is 0 Å². The van der Waals surface area contributed by atoms with E-state index in [2.05, 4.69) is 10.3 Å². The van der Waals surface area contributed by atoms with Crippen LogP contribution < -0.4 is 5.32 Å². The first-order valence-electron chi connectivity index (χ1n) is 6.72. The summed E-state index contributed by atoms with van der Waals surface area (Å²) in [6.07, 6.45) is 3.86. The summed E-state index contributed by atoms with van der Waals surface area (Å²) < 4.78 is 1.80. The molecule has 0 spiro atoms. The number of hydrogen-bond acceptors (Lipinski definition) is 5. The monoisotopic (exact) mass is 296 g/mol. The van der Waals surface area contributed by atoms with E-state index in [0.717, 1.165) is 0 Å². The number of rotatable bonds is 4. The highest BCUT2D eigenvalue weighted by Gasteiger charge is 2.33. The lowest BCUT2D eigenvalue weighted by molar-refractivity contribution is -0.123. The molecular formula is C15H12N4O3. The van der Waals surface area contributed by atoms with Gasteiger partial charge in [-0.3, -0.25) is 14.9 Å². The van der Waals surface area contributed by atoms with Gasteiger partial charge in [-0.05, 0) is 18.6 Å². The maximum atomic E-state index is 12.0. The fourth-order valence-electron chi connectivity index (χ4n) is 2.55. The fourth-order valence-corrected chi connectivity index (χ4v) is 2.55. The highest BCUT2D eigenvalue weighted by molar-refractivity contribution is 6.38. The zero-order valence-electron chi connectivity index (χ0n) is 11.5. The zero-order valence-corrected chi connectivity index (χ0v) is 11.5. The van der Waals surface area contributed by atoms with E-state index < -0.39 is 11.8 Å². The Morgan fingerprint density at radius 2 is 2.18 bits per heavy atom. The van der Waals surface area contributed by atoms with Crippen molar-refractivity contribution in [3.05, 3.63) is 35.7 Å². The maximum Gasteiger partial charge on any atom is 0.269 e. The molecule has 0 aromatic carbocycles. The number of aromatic nitrogens is 2. The van der Waals surface area contributed by atoms with E-state index in [1.807, 2.05) is 0 Å². The van der Waals surface area contributed by atoms with Crippen molar-refractivity contribution in [3.8, 4) is 6.07 Å². The van der Waals surface area contributed by atoms with Gasteiger partial charge in [-0.2, -0.15) is 5.26 Å². The molecule has 2 amide bonds. The third kappa shape index (κ3) is 2.06. The van der Waals surface area contributed by atoms with Crippen molar-refractivity contribution in [3.63, 3.8) is 0 Å². The molecule has 22 heavy (non-hydrogen) atoms. The molecule has 0 atom stereocenters. The van der Waals surface area contributed by atoms with Crippen LogP contribution in [-0.2, 0) is 16.1 Å². The Balaban J connectivity index is 2.24. The standard InChI is InChI=1S/C15H12N4O3/c16-7-10-12(15(22)18-14(10)21)11-8-19(5-2-6-20)13-9(11)3-1-4-17-13/h1,3-4,8,20H,2,5-6H2,(H,18,21,22). The number of pyridine rings is 1. The van der Waals surface area contributed by atoms with Crippen molar-refractivity contribution in [2.75, 3.05) is 6.61 Å². The smallest absolute Gasteiger partial charge is 0.269 e. The summed E-state index contributed by atoms with van der Waals surface area (Å²) in [7, 11) is 0. The predicted octanol–water partition coefficient (Wildman–Crippen LogP) is 0.352. The second-order valence-electron chi connectivity index (χ2n) is 4.83. The SMILES string of the molecule is N#CC1=C(c2cn(CCCO)c3ncccc23)C(=O)NC1=O. The topological polar surface area (TPSA) is 108 Å². The highest BCUT2D eigenvalue weighted by atomic mass is 16.3. The normalized spacial score (nSPS) is 14.5. The number of hydrogen-bond donors (Lipinski definition) is 2. The van der Waals surface area contributed by atoms with Gasteiger partial charge in [0, 0.05) is 36.5 Å². The number of amides is 2. The van der Waals surface area contributed by atoms with Crippen LogP contribution in [0.2, 0.25) is 0 Å². The molecule has 7 heteroatoms. The van der Waals surface area contributed by atoms with E-state index in [4.69, 9.17) is 10.4 Å². The van der Waals surface area contributed by atoms with Crippen molar-refractivity contribution in [1.29, 1.82) is 5.26 Å². The largest absolute Gasteiger partial charge is 0.396 e. The molecule has 1 aliphatic rings. The van der Waals surface area contributed by atoms with E-state index in [1.54, 1.807) is 35.2 Å². The molecule has 0 unspecified atom stereocenters. The van der Waals surface area contributed by atoms with Crippen molar-refractivity contribution < 1.29 is 14.7 Å². The Morgan fingerprint density at radius 3 is 2.91 bits per heavy atom. The molecule has 110 valence electrons. The molecular weight excluding hydrogens is 284 g/mol. The van der Waals surface area contributed by atoms with Gasteiger partial charge in [0.05, 0.1) is 5.57 Å². The Kier molecular flexibility index (Phi) is 3.45. The third-order valence-electron chi connectivity index (χ3n) is 3.50. The lowest BCUT2D eigenvalue weighted by Crippen LogP contribution is -2.22. The minimum Gasteiger partial charge on any atom is -0.396 e. The quantitative estimate of drug-likeness (QED) is 0.792. The number of fused-ring (bicyclic) bond motifs is 1. The minimum absolute atomic E-state index is 0.0347. The number of aryl methyl sites for hydroxylation is 1. The number of nitriles is 1. The summed E-state index contributed by atoms with van der Waals surface area (Å²) in [5.41, 5.74) is 1.03. The molecule has 0 fully saturated rings. The van der Waals surface area contributed by atoms with E-state index >= 15 is 0 Å². The Morgan fingerprint density at radius 1 is 1.36 bits per heavy atom. The van der Waals surface area contributed by atoms with Gasteiger partial charge in [0.1, 0.15) is 17.3 Å². The number of carbonyl (C=O) groups is 2. The van der Waals surface area contributed by atoms with Crippen LogP contribution in [0.15, 0.2) is 30.1 Å². The van der Waals surface area contributed by atoms with E-state index in [-0.39, 0.29) is 17.8 Å². The number of nitrogens with zero attached hydrogens (tertiary/aromatic N) is 3. The van der Waals surface area contributed by atoms with E-state index in [9.17, 15) is 9.59 Å². The summed E-state index contributed by atoms with van der Waals surface area (Å²) in [5.74, 6) is -1.26. The van der Waals surface area contributed by atoms with Crippen LogP contribution in [0, 0.1) is 11.3 Å². The van der Waals surface area contributed by atoms with Gasteiger partial charge in [-0.1, -0.05) is 0 Å². The summed E-state index contributed by atoms with van der Waals surface area (Å²) in [4.78, 5) is 27.9. The maximum absolute atomic E-state index is 12.0. The van der Waals surface area contributed by atoms with Gasteiger partial charge >= 0.3 is 0 Å². The zero-order chi connectivity index (χ0) is 15.7. The molecule has 0 aliphatic carbocycles. The van der Waals surface area contributed by atoms with E-state index in [1.165, 1.54) is 0 Å². The number of carbonyl (C=O) groups excluding carboxylic acids is 2. The summed E-state index contributed by atoms with van der Waals surface area (Å²) in [6, 6.07) is 5.30. The molecule has 7 nitrogen and oxygen atoms in total. The molecule has 2 N–H and O–H groups in total. The molecule has 0 bridgehead atoms. The van der Waals surface area contributed by atoms with Crippen LogP contribution in [0.25, 0.3) is 16.6 Å². The molecule has 3 heterocycles. The minimum atomic E-state index is -0.678. The number of aliphatic hydroxyl groups excluding tert-OH is 1. The first-order chi connectivity index (χ1) is 10.7. The lowest BCUT2D eigenvalue weighted by atomic mass is 10.0. The first kappa shape index (κ1) is 14.0. The second-order valence-corrected chi connectivity index (χ2v) is 4.83. The predicted molar refractivity (Wildman–Crippen MR) is 77.1 cm³/mol. The summed E-state index contributed by atoms with van der Waals surface area (Å²) in [5, 5.41) is 20.9. The Labute approximate surface area is 125 Å². The van der Waals surface area contributed by atoms with E-state index in [0.29, 0.717) is 29.6 Å². The highest BCUT2D eigenvalue weighted by Crippen LogP contribution is 2.31. The number of imide groups is 1. The third-order valence-corrected chi connectivity index (χ3v) is 3.50. The fraction of sp³-hybridized carbons (Fsp3) is 0.200. The van der Waals surface area contributed by atoms with Gasteiger partial charge in [-0.25, -0.2) is 4.98 Å². The van der Waals surface area contributed by atoms with Crippen LogP contribution in [0.5, 0.6) is 0 Å². The van der Waals surface area contributed by atoms with Crippen LogP contribution in [0.1, 0.15) is 12.0 Å². The molecule has 2 aromatic rings. The van der Waals surface area contributed by atoms with Gasteiger partial charge in [0.25, 0.3) is 11.8 Å². The Bertz CT molecular complexity index is 857. The van der Waals surface area contributed by atoms with Crippen LogP contribution in [0.3, 0.4) is 0 Å². The molecule has 2 aromatic heterocycles. The average Bonchev–Trinajstić information content (AvgIpc) is 3.02. The van der Waals surface area contributed by atoms with Gasteiger partial charge in [0.2, 0.25) is 0 Å². The molecule has 0 saturated heterocycles. The van der Waals surface area contributed by atoms with Crippen molar-refractivity contribution >= 4 is 28.4 Å². The summed E-state index contributed by atoms with van der Waals surface area (Å²) in [6.45, 7) is 0.557. The molecule has 3 rings (SSSR count). The molecule has 1 aliphatic heterocycles. The van der Waals surface area contributed by atoms with Crippen LogP contribution >= 0.6 is 0 Å². The van der Waals surface area contributed by atoms with Crippen LogP contribution in [0.4, 0.5) is 0 Å². The number of aliphatic hydroxyl groups is 1. The molecule has 0 radical (unpaired) electrons. The van der Waals surface area contributed by atoms with Gasteiger partial charge in [0.15, 0.2) is 0 Å². The summed E-state index contributed by atoms with van der Waals surface area (Å²) >= 11 is 0. The second kappa shape index (κ2) is 5.42. The van der Waals surface area contributed by atoms with Gasteiger partial charge < -0.3 is 9.67 Å².